The van der Waals surface area contributed by atoms with Crippen LogP contribution in [0, 0.1) is 5.92 Å². The van der Waals surface area contributed by atoms with Crippen molar-refractivity contribution in [1.82, 2.24) is 4.98 Å². The molecule has 1 heterocycles. The molecule has 3 aromatic rings. The average Bonchev–Trinajstić information content (AvgIpc) is 3.59. The van der Waals surface area contributed by atoms with Crippen LogP contribution in [0.15, 0.2) is 72.9 Å². The number of pyridine rings is 1. The highest BCUT2D eigenvalue weighted by atomic mass is 16.5. The van der Waals surface area contributed by atoms with Gasteiger partial charge in [-0.3, -0.25) is 9.78 Å². The van der Waals surface area contributed by atoms with Crippen LogP contribution in [0.25, 0.3) is 0 Å². The van der Waals surface area contributed by atoms with Crippen molar-refractivity contribution in [2.75, 3.05) is 5.32 Å². The topological polar surface area (TPSA) is 51.2 Å². The van der Waals surface area contributed by atoms with Crippen LogP contribution in [0.4, 0.5) is 11.4 Å². The number of carbonyl (C=O) groups excluding carboxylic acids is 1. The predicted molar refractivity (Wildman–Crippen MR) is 116 cm³/mol. The van der Waals surface area contributed by atoms with Gasteiger partial charge < -0.3 is 10.1 Å². The van der Waals surface area contributed by atoms with Gasteiger partial charge in [-0.2, -0.15) is 0 Å². The second-order valence-corrected chi connectivity index (χ2v) is 7.60. The lowest BCUT2D eigenvalue weighted by molar-refractivity contribution is 0.0979. The molecule has 1 aliphatic carbocycles. The van der Waals surface area contributed by atoms with Crippen LogP contribution in [0.2, 0.25) is 0 Å². The van der Waals surface area contributed by atoms with E-state index in [1.807, 2.05) is 66.7 Å². The molecule has 0 amide bonds. The molecule has 0 unspecified atom stereocenters. The molecule has 1 fully saturated rings. The maximum atomic E-state index is 12.4. The zero-order valence-corrected chi connectivity index (χ0v) is 16.5. The third-order valence-electron chi connectivity index (χ3n) is 5.15. The van der Waals surface area contributed by atoms with E-state index in [1.165, 1.54) is 19.3 Å². The van der Waals surface area contributed by atoms with Gasteiger partial charge in [0.25, 0.3) is 0 Å². The minimum Gasteiger partial charge on any atom is -0.487 e. The summed E-state index contributed by atoms with van der Waals surface area (Å²) in [6.07, 6.45) is 7.29. The van der Waals surface area contributed by atoms with Crippen LogP contribution >= 0.6 is 0 Å². The molecule has 0 radical (unpaired) electrons. The summed E-state index contributed by atoms with van der Waals surface area (Å²) >= 11 is 0. The van der Waals surface area contributed by atoms with E-state index in [2.05, 4.69) is 10.3 Å². The summed E-state index contributed by atoms with van der Waals surface area (Å²) in [5.41, 5.74) is 3.54. The van der Waals surface area contributed by atoms with Crippen LogP contribution in [-0.4, -0.2) is 10.8 Å². The van der Waals surface area contributed by atoms with Crippen molar-refractivity contribution in [2.24, 2.45) is 5.92 Å². The molecular formula is C25H26N2O2. The molecule has 148 valence electrons. The number of carbonyl (C=O) groups is 1. The first-order valence-electron chi connectivity index (χ1n) is 10.3. The van der Waals surface area contributed by atoms with Gasteiger partial charge in [0.1, 0.15) is 12.4 Å². The summed E-state index contributed by atoms with van der Waals surface area (Å²) < 4.78 is 5.77. The van der Waals surface area contributed by atoms with Crippen molar-refractivity contribution in [3.63, 3.8) is 0 Å². The first-order chi connectivity index (χ1) is 14.3. The second kappa shape index (κ2) is 9.37. The van der Waals surface area contributed by atoms with E-state index in [4.69, 9.17) is 4.74 Å². The van der Waals surface area contributed by atoms with Crippen LogP contribution in [-0.2, 0) is 6.61 Å². The van der Waals surface area contributed by atoms with E-state index < -0.39 is 0 Å². The number of hydrogen-bond donors (Lipinski definition) is 1. The summed E-state index contributed by atoms with van der Waals surface area (Å²) in [5.74, 6) is 1.90. The zero-order valence-electron chi connectivity index (χ0n) is 16.5. The highest BCUT2D eigenvalue weighted by Gasteiger charge is 2.20. The summed E-state index contributed by atoms with van der Waals surface area (Å²) in [7, 11) is 0. The van der Waals surface area contributed by atoms with E-state index in [1.54, 1.807) is 6.20 Å². The molecule has 4 nitrogen and oxygen atoms in total. The zero-order chi connectivity index (χ0) is 19.9. The number of rotatable bonds is 10. The van der Waals surface area contributed by atoms with Crippen molar-refractivity contribution in [3.8, 4) is 5.75 Å². The standard InChI is InChI=1S/C25H26N2O2/c28-25(9-3-5-19-10-11-19)20-6-4-8-22(17-20)27-21-12-14-24(15-13-21)29-18-23-7-1-2-16-26-23/h1-2,4,6-8,12-17,19,27H,3,5,9-11,18H2. The summed E-state index contributed by atoms with van der Waals surface area (Å²) in [6, 6.07) is 21.3. The Balaban J connectivity index is 1.30. The van der Waals surface area contributed by atoms with Crippen molar-refractivity contribution >= 4 is 17.2 Å². The van der Waals surface area contributed by atoms with Gasteiger partial charge in [0.2, 0.25) is 0 Å². The average molecular weight is 386 g/mol. The Morgan fingerprint density at radius 1 is 1.00 bits per heavy atom. The fourth-order valence-corrected chi connectivity index (χ4v) is 3.31. The highest BCUT2D eigenvalue weighted by Crippen LogP contribution is 2.34. The molecular weight excluding hydrogens is 360 g/mol. The molecule has 0 atom stereocenters. The number of hydrogen-bond acceptors (Lipinski definition) is 4. The molecule has 0 saturated heterocycles. The minimum absolute atomic E-state index is 0.229. The Kier molecular flexibility index (Phi) is 6.20. The third-order valence-corrected chi connectivity index (χ3v) is 5.15. The molecule has 0 aliphatic heterocycles. The summed E-state index contributed by atoms with van der Waals surface area (Å²) in [5, 5.41) is 3.36. The lowest BCUT2D eigenvalue weighted by atomic mass is 10.0. The molecule has 0 bridgehead atoms. The van der Waals surface area contributed by atoms with Crippen molar-refractivity contribution < 1.29 is 9.53 Å². The largest absolute Gasteiger partial charge is 0.487 e. The fourth-order valence-electron chi connectivity index (χ4n) is 3.31. The fraction of sp³-hybridized carbons (Fsp3) is 0.280. The summed E-state index contributed by atoms with van der Waals surface area (Å²) in [4.78, 5) is 16.7. The van der Waals surface area contributed by atoms with Gasteiger partial charge in [0.15, 0.2) is 5.78 Å². The second-order valence-electron chi connectivity index (χ2n) is 7.60. The quantitative estimate of drug-likeness (QED) is 0.424. The lowest BCUT2D eigenvalue weighted by Gasteiger charge is -2.10. The molecule has 1 saturated carbocycles. The SMILES string of the molecule is O=C(CCCC1CC1)c1cccc(Nc2ccc(OCc3ccccn3)cc2)c1. The maximum absolute atomic E-state index is 12.4. The highest BCUT2D eigenvalue weighted by molar-refractivity contribution is 5.97. The van der Waals surface area contributed by atoms with Gasteiger partial charge in [0.05, 0.1) is 5.69 Å². The first kappa shape index (κ1) is 19.2. The van der Waals surface area contributed by atoms with E-state index in [-0.39, 0.29) is 5.78 Å². The molecule has 2 aromatic carbocycles. The molecule has 1 N–H and O–H groups in total. The van der Waals surface area contributed by atoms with Crippen molar-refractivity contribution in [1.29, 1.82) is 0 Å². The van der Waals surface area contributed by atoms with Gasteiger partial charge in [-0.25, -0.2) is 0 Å². The van der Waals surface area contributed by atoms with Gasteiger partial charge >= 0.3 is 0 Å². The van der Waals surface area contributed by atoms with E-state index >= 15 is 0 Å². The van der Waals surface area contributed by atoms with Crippen LogP contribution in [0.5, 0.6) is 5.75 Å². The van der Waals surface area contributed by atoms with Crippen LogP contribution in [0.1, 0.15) is 48.2 Å². The van der Waals surface area contributed by atoms with E-state index in [0.717, 1.165) is 40.7 Å². The van der Waals surface area contributed by atoms with Gasteiger partial charge in [-0.05, 0) is 60.9 Å². The third kappa shape index (κ3) is 5.92. The number of ether oxygens (including phenoxy) is 1. The number of anilines is 2. The Bertz CT molecular complexity index is 935. The number of aromatic nitrogens is 1. The first-order valence-corrected chi connectivity index (χ1v) is 10.3. The molecule has 29 heavy (non-hydrogen) atoms. The van der Waals surface area contributed by atoms with E-state index in [0.29, 0.717) is 13.0 Å². The van der Waals surface area contributed by atoms with Crippen molar-refractivity contribution in [3.05, 3.63) is 84.2 Å². The Hall–Kier alpha value is -3.14. The van der Waals surface area contributed by atoms with Gasteiger partial charge in [-0.15, -0.1) is 0 Å². The normalized spacial score (nSPS) is 13.1. The molecule has 0 spiro atoms. The van der Waals surface area contributed by atoms with Crippen molar-refractivity contribution in [2.45, 2.75) is 38.7 Å². The minimum atomic E-state index is 0.229. The number of benzene rings is 2. The number of Topliss-reactive ketones (excluding diaryl/α,β-unsaturated/α-hetero) is 1. The molecule has 1 aromatic heterocycles. The maximum Gasteiger partial charge on any atom is 0.162 e. The van der Waals surface area contributed by atoms with Crippen LogP contribution in [0.3, 0.4) is 0 Å². The molecule has 1 aliphatic rings. The predicted octanol–water partition coefficient (Wildman–Crippen LogP) is 6.17. The number of nitrogens with zero attached hydrogens (tertiary/aromatic N) is 1. The van der Waals surface area contributed by atoms with Gasteiger partial charge in [0, 0.05) is 29.6 Å². The number of nitrogens with one attached hydrogen (secondary N) is 1. The Labute approximate surface area is 172 Å². The van der Waals surface area contributed by atoms with Gasteiger partial charge in [-0.1, -0.05) is 37.5 Å². The van der Waals surface area contributed by atoms with Crippen LogP contribution < -0.4 is 10.1 Å². The monoisotopic (exact) mass is 386 g/mol. The molecule has 4 heteroatoms. The Morgan fingerprint density at radius 2 is 1.86 bits per heavy atom. The molecule has 4 rings (SSSR count). The lowest BCUT2D eigenvalue weighted by Crippen LogP contribution is -2.00. The summed E-state index contributed by atoms with van der Waals surface area (Å²) in [6.45, 7) is 0.443. The van der Waals surface area contributed by atoms with E-state index in [9.17, 15) is 4.79 Å². The number of ketones is 1. The smallest absolute Gasteiger partial charge is 0.162 e. The Morgan fingerprint density at radius 3 is 2.62 bits per heavy atom.